The van der Waals surface area contributed by atoms with Crippen LogP contribution in [-0.4, -0.2) is 23.6 Å². The van der Waals surface area contributed by atoms with E-state index in [-0.39, 0.29) is 23.2 Å². The second-order valence-electron chi connectivity index (χ2n) is 6.72. The summed E-state index contributed by atoms with van der Waals surface area (Å²) < 4.78 is 14.6. The van der Waals surface area contributed by atoms with Crippen molar-refractivity contribution in [1.82, 2.24) is 0 Å². The molecule has 0 radical (unpaired) electrons. The topological polar surface area (TPSA) is 23.5 Å². The van der Waals surface area contributed by atoms with E-state index in [1.54, 1.807) is 6.07 Å². The number of aliphatic hydroxyl groups excluding tert-OH is 1. The minimum absolute atomic E-state index is 0.0975. The first-order valence-corrected chi connectivity index (χ1v) is 8.34. The molecule has 0 fully saturated rings. The van der Waals surface area contributed by atoms with Crippen molar-refractivity contribution in [3.8, 4) is 0 Å². The number of fused-ring (bicyclic) bond motifs is 1. The van der Waals surface area contributed by atoms with Crippen LogP contribution in [0.4, 0.5) is 10.1 Å². The molecule has 4 heteroatoms. The smallest absolute Gasteiger partial charge is 0.146 e. The number of rotatable bonds is 4. The lowest BCUT2D eigenvalue weighted by Gasteiger charge is -2.34. The summed E-state index contributed by atoms with van der Waals surface area (Å²) in [7, 11) is 0. The summed E-state index contributed by atoms with van der Waals surface area (Å²) in [5.74, 6) is -0.156. The quantitative estimate of drug-likeness (QED) is 0.845. The van der Waals surface area contributed by atoms with Crippen LogP contribution < -0.4 is 4.90 Å². The first-order chi connectivity index (χ1) is 11.0. The van der Waals surface area contributed by atoms with E-state index in [4.69, 9.17) is 11.6 Å². The van der Waals surface area contributed by atoms with Crippen molar-refractivity contribution in [2.45, 2.75) is 31.4 Å². The largest absolute Gasteiger partial charge is 0.389 e. The van der Waals surface area contributed by atoms with Gasteiger partial charge < -0.3 is 10.0 Å². The van der Waals surface area contributed by atoms with Crippen molar-refractivity contribution in [2.75, 3.05) is 17.3 Å². The molecule has 0 spiro atoms. The minimum Gasteiger partial charge on any atom is -0.389 e. The van der Waals surface area contributed by atoms with Crippen LogP contribution in [0.3, 0.4) is 0 Å². The average molecular weight is 334 g/mol. The first-order valence-electron chi connectivity index (χ1n) is 7.80. The summed E-state index contributed by atoms with van der Waals surface area (Å²) in [5, 5.41) is 10.5. The molecule has 2 aromatic rings. The van der Waals surface area contributed by atoms with Crippen LogP contribution in [0.5, 0.6) is 0 Å². The number of halogens is 2. The molecule has 0 aliphatic carbocycles. The fourth-order valence-electron chi connectivity index (χ4n) is 3.53. The van der Waals surface area contributed by atoms with Crippen molar-refractivity contribution in [1.29, 1.82) is 0 Å². The predicted octanol–water partition coefficient (Wildman–Crippen LogP) is 4.26. The lowest BCUT2D eigenvalue weighted by molar-refractivity contribution is 0.161. The van der Waals surface area contributed by atoms with Gasteiger partial charge in [0.25, 0.3) is 0 Å². The van der Waals surface area contributed by atoms with Crippen molar-refractivity contribution >= 4 is 17.3 Å². The Labute approximate surface area is 141 Å². The highest BCUT2D eigenvalue weighted by Crippen LogP contribution is 2.46. The maximum atomic E-state index is 14.6. The third-order valence-electron chi connectivity index (χ3n) is 4.57. The maximum absolute atomic E-state index is 14.6. The van der Waals surface area contributed by atoms with Crippen LogP contribution in [0.1, 0.15) is 31.0 Å². The normalized spacial score (nSPS) is 18.6. The van der Waals surface area contributed by atoms with Gasteiger partial charge in [-0.1, -0.05) is 56.3 Å². The van der Waals surface area contributed by atoms with Gasteiger partial charge in [-0.05, 0) is 17.2 Å². The molecule has 23 heavy (non-hydrogen) atoms. The molecule has 0 bridgehead atoms. The zero-order valence-electron chi connectivity index (χ0n) is 13.3. The Balaban J connectivity index is 2.13. The van der Waals surface area contributed by atoms with E-state index in [2.05, 4.69) is 13.8 Å². The van der Waals surface area contributed by atoms with Crippen molar-refractivity contribution in [3.63, 3.8) is 0 Å². The van der Waals surface area contributed by atoms with Crippen molar-refractivity contribution < 1.29 is 9.50 Å². The number of nitrogens with zero attached hydrogens (tertiary/aromatic N) is 1. The van der Waals surface area contributed by atoms with E-state index in [9.17, 15) is 9.50 Å². The number of hydrogen-bond acceptors (Lipinski definition) is 2. The van der Waals surface area contributed by atoms with Gasteiger partial charge in [0.1, 0.15) is 5.82 Å². The molecule has 122 valence electrons. The Hall–Kier alpha value is -1.58. The van der Waals surface area contributed by atoms with E-state index in [0.29, 0.717) is 12.2 Å². The van der Waals surface area contributed by atoms with E-state index in [0.717, 1.165) is 11.1 Å². The fraction of sp³-hybridized carbons (Fsp3) is 0.368. The van der Waals surface area contributed by atoms with Crippen molar-refractivity contribution in [3.05, 3.63) is 65.5 Å². The van der Waals surface area contributed by atoms with E-state index < -0.39 is 6.10 Å². The third-order valence-corrected chi connectivity index (χ3v) is 4.88. The van der Waals surface area contributed by atoms with Gasteiger partial charge in [0.15, 0.2) is 0 Å². The van der Waals surface area contributed by atoms with E-state index in [1.807, 2.05) is 41.3 Å². The average Bonchev–Trinajstić information content (AvgIpc) is 2.81. The molecular formula is C19H21ClFNO. The summed E-state index contributed by atoms with van der Waals surface area (Å²) >= 11 is 5.94. The highest BCUT2D eigenvalue weighted by Gasteiger charge is 2.42. The van der Waals surface area contributed by atoms with Gasteiger partial charge >= 0.3 is 0 Å². The van der Waals surface area contributed by atoms with Gasteiger partial charge in [0.2, 0.25) is 0 Å². The lowest BCUT2D eigenvalue weighted by Crippen LogP contribution is -2.39. The van der Waals surface area contributed by atoms with Crippen LogP contribution in [0, 0.1) is 5.82 Å². The number of anilines is 1. The minimum atomic E-state index is -0.777. The van der Waals surface area contributed by atoms with Gasteiger partial charge in [-0.3, -0.25) is 0 Å². The lowest BCUT2D eigenvalue weighted by atomic mass is 9.87. The summed E-state index contributed by atoms with van der Waals surface area (Å²) in [6.45, 7) is 4.83. The van der Waals surface area contributed by atoms with Gasteiger partial charge in [-0.2, -0.15) is 0 Å². The predicted molar refractivity (Wildman–Crippen MR) is 92.7 cm³/mol. The zero-order valence-corrected chi connectivity index (χ0v) is 14.1. The molecule has 1 N–H and O–H groups in total. The Morgan fingerprint density at radius 3 is 2.52 bits per heavy atom. The summed E-state index contributed by atoms with van der Waals surface area (Å²) in [5.41, 5.74) is 2.31. The molecule has 0 saturated carbocycles. The molecule has 2 aromatic carbocycles. The van der Waals surface area contributed by atoms with Crippen LogP contribution in [0.2, 0.25) is 0 Å². The number of benzene rings is 2. The molecule has 0 saturated heterocycles. The fourth-order valence-corrected chi connectivity index (χ4v) is 3.69. The summed E-state index contributed by atoms with van der Waals surface area (Å²) in [6.07, 6.45) is -0.777. The Bertz CT molecular complexity index is 689. The highest BCUT2D eigenvalue weighted by molar-refractivity contribution is 6.18. The van der Waals surface area contributed by atoms with Crippen LogP contribution in [-0.2, 0) is 5.41 Å². The highest BCUT2D eigenvalue weighted by atomic mass is 35.5. The maximum Gasteiger partial charge on any atom is 0.146 e. The van der Waals surface area contributed by atoms with Crippen molar-refractivity contribution in [2.24, 2.45) is 0 Å². The molecule has 2 atom stereocenters. The number of hydrogen-bond donors (Lipinski definition) is 1. The molecule has 1 aliphatic rings. The Kier molecular flexibility index (Phi) is 4.35. The van der Waals surface area contributed by atoms with Crippen LogP contribution in [0.15, 0.2) is 48.5 Å². The summed E-state index contributed by atoms with van der Waals surface area (Å²) in [6, 6.07) is 14.5. The van der Waals surface area contributed by atoms with E-state index in [1.165, 1.54) is 6.07 Å². The van der Waals surface area contributed by atoms with Gasteiger partial charge in [-0.15, -0.1) is 11.6 Å². The second kappa shape index (κ2) is 6.14. The molecular weight excluding hydrogens is 313 g/mol. The molecule has 1 aliphatic heterocycles. The monoisotopic (exact) mass is 333 g/mol. The molecule has 1 heterocycles. The van der Waals surface area contributed by atoms with Gasteiger partial charge in [0, 0.05) is 12.0 Å². The zero-order chi connectivity index (χ0) is 16.6. The molecule has 0 aromatic heterocycles. The van der Waals surface area contributed by atoms with Gasteiger partial charge in [-0.25, -0.2) is 4.39 Å². The third kappa shape index (κ3) is 2.84. The molecule has 3 rings (SSSR count). The van der Waals surface area contributed by atoms with Gasteiger partial charge in [0.05, 0.1) is 23.7 Å². The van der Waals surface area contributed by atoms with E-state index >= 15 is 0 Å². The Morgan fingerprint density at radius 1 is 1.17 bits per heavy atom. The molecule has 0 amide bonds. The number of aliphatic hydroxyl groups is 1. The molecule has 2 nitrogen and oxygen atoms in total. The first kappa shape index (κ1) is 16.3. The number of para-hydroxylation sites is 1. The second-order valence-corrected chi connectivity index (χ2v) is 7.03. The summed E-state index contributed by atoms with van der Waals surface area (Å²) in [4.78, 5) is 1.97. The SMILES string of the molecule is CC1(C)CN([C@@H](c2ccccc2)[C@H](O)CCl)c2c(F)cccc21. The number of alkyl halides is 1. The molecule has 0 unspecified atom stereocenters. The Morgan fingerprint density at radius 2 is 1.87 bits per heavy atom. The van der Waals surface area contributed by atoms with Crippen LogP contribution >= 0.6 is 11.6 Å². The van der Waals surface area contributed by atoms with Crippen LogP contribution in [0.25, 0.3) is 0 Å². The standard InChI is InChI=1S/C19H21ClFNO/c1-19(2)12-22(18-14(19)9-6-10-15(18)21)17(16(23)11-20)13-7-4-3-5-8-13/h3-10,16-17,23H,11-12H2,1-2H3/t16-,17+/m1/s1.